The van der Waals surface area contributed by atoms with Crippen molar-refractivity contribution in [1.82, 2.24) is 0 Å². The summed E-state index contributed by atoms with van der Waals surface area (Å²) in [5.74, 6) is -0.275. The molecule has 0 heterocycles. The van der Waals surface area contributed by atoms with Crippen LogP contribution in [-0.2, 0) is 0 Å². The lowest BCUT2D eigenvalue weighted by atomic mass is 10.0. The van der Waals surface area contributed by atoms with Gasteiger partial charge in [-0.15, -0.1) is 0 Å². The average Bonchev–Trinajstić information content (AvgIpc) is 2.15. The molecule has 0 bridgehead atoms. The molecule has 0 aliphatic carbocycles. The second-order valence-corrected chi connectivity index (χ2v) is 4.29. The summed E-state index contributed by atoms with van der Waals surface area (Å²) in [4.78, 5) is 11.7. The number of benzene rings is 1. The Kier molecular flexibility index (Phi) is 4.57. The molecule has 0 aliphatic rings. The van der Waals surface area contributed by atoms with Gasteiger partial charge >= 0.3 is 6.18 Å². The Balaban J connectivity index is 2.59. The molecule has 1 aromatic carbocycles. The largest absolute Gasteiger partial charge is 0.389 e. The minimum absolute atomic E-state index is 0.0953. The Morgan fingerprint density at radius 2 is 2.00 bits per heavy atom. The van der Waals surface area contributed by atoms with Crippen molar-refractivity contribution >= 4 is 17.4 Å². The number of Topliss-reactive ketones (excluding diaryl/α,β-unsaturated/α-hetero) is 1. The molecule has 1 aromatic rings. The van der Waals surface area contributed by atoms with E-state index >= 15 is 0 Å². The number of aryl methyl sites for hydroxylation is 1. The fourth-order valence-corrected chi connectivity index (χ4v) is 1.75. The van der Waals surface area contributed by atoms with Crippen molar-refractivity contribution in [3.8, 4) is 0 Å². The van der Waals surface area contributed by atoms with E-state index in [0.717, 1.165) is 0 Å². The fraction of sp³-hybridized carbons (Fsp3) is 0.417. The smallest absolute Gasteiger partial charge is 0.294 e. The maximum Gasteiger partial charge on any atom is 0.389 e. The molecule has 5 heteroatoms. The molecule has 0 saturated carbocycles. The van der Waals surface area contributed by atoms with Crippen LogP contribution in [0.15, 0.2) is 18.2 Å². The number of alkyl halides is 3. The van der Waals surface area contributed by atoms with E-state index in [-0.39, 0.29) is 18.6 Å². The van der Waals surface area contributed by atoms with Crippen LogP contribution in [0.4, 0.5) is 13.2 Å². The van der Waals surface area contributed by atoms with Gasteiger partial charge in [-0.05, 0) is 37.1 Å². The van der Waals surface area contributed by atoms with Gasteiger partial charge in [-0.1, -0.05) is 11.6 Å². The molecule has 0 aliphatic heterocycles. The van der Waals surface area contributed by atoms with Crippen molar-refractivity contribution in [2.45, 2.75) is 32.4 Å². The van der Waals surface area contributed by atoms with Gasteiger partial charge in [0.05, 0.1) is 0 Å². The first-order valence-electron chi connectivity index (χ1n) is 5.16. The van der Waals surface area contributed by atoms with E-state index in [1.54, 1.807) is 25.1 Å². The molecule has 0 atom stereocenters. The van der Waals surface area contributed by atoms with Gasteiger partial charge in [0.2, 0.25) is 0 Å². The maximum absolute atomic E-state index is 11.9. The van der Waals surface area contributed by atoms with E-state index < -0.39 is 12.6 Å². The van der Waals surface area contributed by atoms with E-state index in [0.29, 0.717) is 16.1 Å². The Hall–Kier alpha value is -1.03. The minimum Gasteiger partial charge on any atom is -0.294 e. The lowest BCUT2D eigenvalue weighted by Crippen LogP contribution is -2.09. The molecule has 94 valence electrons. The third-order valence-corrected chi connectivity index (χ3v) is 2.59. The molecular weight excluding hydrogens is 253 g/mol. The fourth-order valence-electron chi connectivity index (χ4n) is 1.52. The summed E-state index contributed by atoms with van der Waals surface area (Å²) < 4.78 is 35.7. The van der Waals surface area contributed by atoms with Gasteiger partial charge < -0.3 is 0 Å². The number of ketones is 1. The molecule has 0 spiro atoms. The van der Waals surface area contributed by atoms with Crippen molar-refractivity contribution in [1.29, 1.82) is 0 Å². The van der Waals surface area contributed by atoms with Gasteiger partial charge in [-0.2, -0.15) is 13.2 Å². The summed E-state index contributed by atoms with van der Waals surface area (Å²) in [6.07, 6.45) is -5.40. The van der Waals surface area contributed by atoms with Gasteiger partial charge in [0.25, 0.3) is 0 Å². The number of hydrogen-bond donors (Lipinski definition) is 0. The van der Waals surface area contributed by atoms with Crippen LogP contribution in [0.5, 0.6) is 0 Å². The highest BCUT2D eigenvalue weighted by Crippen LogP contribution is 2.23. The minimum atomic E-state index is -4.20. The molecule has 17 heavy (non-hydrogen) atoms. The van der Waals surface area contributed by atoms with E-state index in [2.05, 4.69) is 0 Å². The Morgan fingerprint density at radius 3 is 2.53 bits per heavy atom. The molecule has 0 fully saturated rings. The molecule has 1 nitrogen and oxygen atoms in total. The third-order valence-electron chi connectivity index (χ3n) is 2.35. The van der Waals surface area contributed by atoms with Crippen LogP contribution >= 0.6 is 11.6 Å². The van der Waals surface area contributed by atoms with Crippen LogP contribution in [0, 0.1) is 6.92 Å². The van der Waals surface area contributed by atoms with Gasteiger partial charge in [-0.25, -0.2) is 0 Å². The van der Waals surface area contributed by atoms with Gasteiger partial charge in [0, 0.05) is 23.4 Å². The first kappa shape index (κ1) is 14.0. The Bertz CT molecular complexity index is 413. The van der Waals surface area contributed by atoms with E-state index in [4.69, 9.17) is 11.6 Å². The Labute approximate surface area is 103 Å². The zero-order chi connectivity index (χ0) is 13.1. The molecule has 0 radical (unpaired) electrons. The lowest BCUT2D eigenvalue weighted by Gasteiger charge is -2.07. The predicted molar refractivity (Wildman–Crippen MR) is 60.4 cm³/mol. The van der Waals surface area contributed by atoms with Crippen LogP contribution in [0.3, 0.4) is 0 Å². The lowest BCUT2D eigenvalue weighted by molar-refractivity contribution is -0.135. The SMILES string of the molecule is Cc1cc(Cl)ccc1C(=O)CCCC(F)(F)F. The molecule has 0 amide bonds. The first-order valence-corrected chi connectivity index (χ1v) is 5.53. The number of hydrogen-bond acceptors (Lipinski definition) is 1. The summed E-state index contributed by atoms with van der Waals surface area (Å²) in [5, 5.41) is 0.509. The number of carbonyl (C=O) groups is 1. The third kappa shape index (κ3) is 4.77. The summed E-state index contributed by atoms with van der Waals surface area (Å²) in [6, 6.07) is 4.73. The monoisotopic (exact) mass is 264 g/mol. The zero-order valence-corrected chi connectivity index (χ0v) is 10.0. The van der Waals surface area contributed by atoms with Crippen molar-refractivity contribution in [3.05, 3.63) is 34.3 Å². The van der Waals surface area contributed by atoms with Crippen molar-refractivity contribution in [3.63, 3.8) is 0 Å². The zero-order valence-electron chi connectivity index (χ0n) is 9.27. The van der Waals surface area contributed by atoms with Gasteiger partial charge in [0.15, 0.2) is 5.78 Å². The van der Waals surface area contributed by atoms with E-state index in [1.165, 1.54) is 0 Å². The molecule has 0 saturated heterocycles. The van der Waals surface area contributed by atoms with E-state index in [9.17, 15) is 18.0 Å². The predicted octanol–water partition coefficient (Wildman–Crippen LogP) is 4.56. The Morgan fingerprint density at radius 1 is 1.35 bits per heavy atom. The second kappa shape index (κ2) is 5.54. The van der Waals surface area contributed by atoms with Crippen LogP contribution < -0.4 is 0 Å². The second-order valence-electron chi connectivity index (χ2n) is 3.85. The maximum atomic E-state index is 11.9. The van der Waals surface area contributed by atoms with Crippen molar-refractivity contribution in [2.75, 3.05) is 0 Å². The van der Waals surface area contributed by atoms with Crippen molar-refractivity contribution < 1.29 is 18.0 Å². The average molecular weight is 265 g/mol. The van der Waals surface area contributed by atoms with Gasteiger partial charge in [-0.3, -0.25) is 4.79 Å². The number of carbonyl (C=O) groups excluding carboxylic acids is 1. The van der Waals surface area contributed by atoms with Crippen molar-refractivity contribution in [2.24, 2.45) is 0 Å². The summed E-state index contributed by atoms with van der Waals surface area (Å²) >= 11 is 5.73. The van der Waals surface area contributed by atoms with Crippen LogP contribution in [-0.4, -0.2) is 12.0 Å². The van der Waals surface area contributed by atoms with Crippen LogP contribution in [0.1, 0.15) is 35.2 Å². The molecule has 0 N–H and O–H groups in total. The summed E-state index contributed by atoms with van der Waals surface area (Å²) in [6.45, 7) is 1.71. The molecule has 0 unspecified atom stereocenters. The quantitative estimate of drug-likeness (QED) is 0.729. The standard InChI is InChI=1S/C12H12ClF3O/c1-8-7-9(13)4-5-10(8)11(17)3-2-6-12(14,15)16/h4-5,7H,2-3,6H2,1H3. The number of halogens is 4. The normalized spacial score (nSPS) is 11.6. The molecule has 1 rings (SSSR count). The summed E-state index contributed by atoms with van der Waals surface area (Å²) in [5.41, 5.74) is 1.13. The number of rotatable bonds is 4. The van der Waals surface area contributed by atoms with Crippen LogP contribution in [0.2, 0.25) is 5.02 Å². The first-order chi connectivity index (χ1) is 7.79. The van der Waals surface area contributed by atoms with Gasteiger partial charge in [0.1, 0.15) is 0 Å². The van der Waals surface area contributed by atoms with E-state index in [1.807, 2.05) is 0 Å². The van der Waals surface area contributed by atoms with Crippen LogP contribution in [0.25, 0.3) is 0 Å². The summed E-state index contributed by atoms with van der Waals surface area (Å²) in [7, 11) is 0. The molecular formula is C12H12ClF3O. The highest BCUT2D eigenvalue weighted by atomic mass is 35.5. The topological polar surface area (TPSA) is 17.1 Å². The highest BCUT2D eigenvalue weighted by Gasteiger charge is 2.26. The molecule has 0 aromatic heterocycles. The highest BCUT2D eigenvalue weighted by molar-refractivity contribution is 6.30.